The number of ether oxygens (including phenoxy) is 1. The van der Waals surface area contributed by atoms with Gasteiger partial charge in [-0.15, -0.1) is 0 Å². The van der Waals surface area contributed by atoms with Crippen molar-refractivity contribution >= 4 is 5.97 Å². The Morgan fingerprint density at radius 1 is 1.38 bits per heavy atom. The fraction of sp³-hybridized carbons (Fsp3) is 0.923. The predicted molar refractivity (Wildman–Crippen MR) is 65.4 cm³/mol. The van der Waals surface area contributed by atoms with Crippen LogP contribution in [0.5, 0.6) is 0 Å². The van der Waals surface area contributed by atoms with Crippen molar-refractivity contribution in [2.75, 3.05) is 20.2 Å². The van der Waals surface area contributed by atoms with Crippen LogP contribution in [0, 0.1) is 0 Å². The third-order valence-corrected chi connectivity index (χ3v) is 3.43. The zero-order chi connectivity index (χ0) is 11.8. The number of carbonyl (C=O) groups is 1. The standard InChI is InChI=1S/C13H25NO2/c1-3-4-6-9-14-10-7-5-8-12(14)11-13(15)16-2/h12H,3-11H2,1-2H3. The summed E-state index contributed by atoms with van der Waals surface area (Å²) in [5.41, 5.74) is 0. The zero-order valence-corrected chi connectivity index (χ0v) is 10.7. The predicted octanol–water partition coefficient (Wildman–Crippen LogP) is 2.59. The SMILES string of the molecule is CCCCCN1CCCCC1CC(=O)OC. The molecule has 0 aromatic rings. The molecule has 94 valence electrons. The van der Waals surface area contributed by atoms with Crippen LogP contribution in [-0.4, -0.2) is 37.1 Å². The molecular formula is C13H25NO2. The van der Waals surface area contributed by atoms with E-state index in [1.165, 1.54) is 39.2 Å². The van der Waals surface area contributed by atoms with E-state index in [-0.39, 0.29) is 5.97 Å². The summed E-state index contributed by atoms with van der Waals surface area (Å²) in [7, 11) is 1.48. The van der Waals surface area contributed by atoms with Gasteiger partial charge in [0, 0.05) is 6.04 Å². The van der Waals surface area contributed by atoms with Crippen LogP contribution in [0.25, 0.3) is 0 Å². The second-order valence-electron chi connectivity index (χ2n) is 4.67. The van der Waals surface area contributed by atoms with Gasteiger partial charge in [-0.25, -0.2) is 0 Å². The number of carbonyl (C=O) groups excluding carboxylic acids is 1. The van der Waals surface area contributed by atoms with Gasteiger partial charge in [0.2, 0.25) is 0 Å². The number of likely N-dealkylation sites (tertiary alicyclic amines) is 1. The first kappa shape index (κ1) is 13.5. The van der Waals surface area contributed by atoms with Gasteiger partial charge in [-0.2, -0.15) is 0 Å². The summed E-state index contributed by atoms with van der Waals surface area (Å²) in [5.74, 6) is -0.0626. The average Bonchev–Trinajstić information content (AvgIpc) is 2.31. The molecule has 0 aromatic carbocycles. The van der Waals surface area contributed by atoms with E-state index in [4.69, 9.17) is 4.74 Å². The Balaban J connectivity index is 2.34. The number of hydrogen-bond donors (Lipinski definition) is 0. The van der Waals surface area contributed by atoms with Gasteiger partial charge in [-0.1, -0.05) is 26.2 Å². The first-order valence-corrected chi connectivity index (χ1v) is 6.58. The van der Waals surface area contributed by atoms with Crippen molar-refractivity contribution in [1.82, 2.24) is 4.90 Å². The Bertz CT molecular complexity index is 206. The van der Waals surface area contributed by atoms with Crippen LogP contribution in [0.3, 0.4) is 0 Å². The van der Waals surface area contributed by atoms with E-state index in [0.29, 0.717) is 12.5 Å². The van der Waals surface area contributed by atoms with Crippen molar-refractivity contribution in [3.8, 4) is 0 Å². The largest absolute Gasteiger partial charge is 0.469 e. The summed E-state index contributed by atoms with van der Waals surface area (Å²) in [5, 5.41) is 0. The second kappa shape index (κ2) is 7.66. The highest BCUT2D eigenvalue weighted by Gasteiger charge is 2.24. The van der Waals surface area contributed by atoms with Crippen LogP contribution in [0.2, 0.25) is 0 Å². The smallest absolute Gasteiger partial charge is 0.307 e. The minimum absolute atomic E-state index is 0.0626. The average molecular weight is 227 g/mol. The van der Waals surface area contributed by atoms with Crippen molar-refractivity contribution in [3.05, 3.63) is 0 Å². The molecule has 1 heterocycles. The zero-order valence-electron chi connectivity index (χ0n) is 10.7. The van der Waals surface area contributed by atoms with Gasteiger partial charge in [-0.3, -0.25) is 9.69 Å². The van der Waals surface area contributed by atoms with Crippen LogP contribution in [-0.2, 0) is 9.53 Å². The lowest BCUT2D eigenvalue weighted by Gasteiger charge is -2.35. The molecule has 1 atom stereocenters. The van der Waals surface area contributed by atoms with Crippen molar-refractivity contribution in [3.63, 3.8) is 0 Å². The quantitative estimate of drug-likeness (QED) is 0.516. The van der Waals surface area contributed by atoms with Crippen LogP contribution >= 0.6 is 0 Å². The molecule has 3 heteroatoms. The Hall–Kier alpha value is -0.570. The van der Waals surface area contributed by atoms with Crippen LogP contribution in [0.4, 0.5) is 0 Å². The Morgan fingerprint density at radius 3 is 2.88 bits per heavy atom. The summed E-state index contributed by atoms with van der Waals surface area (Å²) >= 11 is 0. The molecular weight excluding hydrogens is 202 g/mol. The summed E-state index contributed by atoms with van der Waals surface area (Å²) in [4.78, 5) is 13.8. The lowest BCUT2D eigenvalue weighted by atomic mass is 9.99. The first-order valence-electron chi connectivity index (χ1n) is 6.58. The number of nitrogens with zero attached hydrogens (tertiary/aromatic N) is 1. The molecule has 0 amide bonds. The van der Waals surface area contributed by atoms with Gasteiger partial charge in [0.05, 0.1) is 13.5 Å². The van der Waals surface area contributed by atoms with E-state index in [0.717, 1.165) is 19.5 Å². The van der Waals surface area contributed by atoms with E-state index in [9.17, 15) is 4.79 Å². The van der Waals surface area contributed by atoms with E-state index < -0.39 is 0 Å². The lowest BCUT2D eigenvalue weighted by molar-refractivity contribution is -0.142. The molecule has 1 unspecified atom stereocenters. The fourth-order valence-electron chi connectivity index (χ4n) is 2.43. The number of rotatable bonds is 6. The normalized spacial score (nSPS) is 22.0. The highest BCUT2D eigenvalue weighted by atomic mass is 16.5. The maximum atomic E-state index is 11.3. The first-order chi connectivity index (χ1) is 7.77. The van der Waals surface area contributed by atoms with E-state index in [1.54, 1.807) is 0 Å². The number of piperidine rings is 1. The molecule has 1 rings (SSSR count). The Labute approximate surface area is 99.1 Å². The minimum Gasteiger partial charge on any atom is -0.469 e. The van der Waals surface area contributed by atoms with Crippen molar-refractivity contribution in [2.45, 2.75) is 57.9 Å². The molecule has 0 N–H and O–H groups in total. The van der Waals surface area contributed by atoms with Crippen LogP contribution < -0.4 is 0 Å². The third kappa shape index (κ3) is 4.52. The van der Waals surface area contributed by atoms with Gasteiger partial charge in [0.1, 0.15) is 0 Å². The molecule has 1 aliphatic rings. The Kier molecular flexibility index (Phi) is 6.46. The van der Waals surface area contributed by atoms with Crippen molar-refractivity contribution in [1.29, 1.82) is 0 Å². The summed E-state index contributed by atoms with van der Waals surface area (Å²) in [6.07, 6.45) is 8.07. The molecule has 1 fully saturated rings. The maximum absolute atomic E-state index is 11.3. The third-order valence-electron chi connectivity index (χ3n) is 3.43. The molecule has 0 aromatic heterocycles. The van der Waals surface area contributed by atoms with Crippen molar-refractivity contribution in [2.24, 2.45) is 0 Å². The Morgan fingerprint density at radius 2 is 2.19 bits per heavy atom. The number of methoxy groups -OCH3 is 1. The van der Waals surface area contributed by atoms with Gasteiger partial charge in [0.15, 0.2) is 0 Å². The number of hydrogen-bond acceptors (Lipinski definition) is 3. The minimum atomic E-state index is -0.0626. The molecule has 1 saturated heterocycles. The highest BCUT2D eigenvalue weighted by molar-refractivity contribution is 5.69. The maximum Gasteiger partial charge on any atom is 0.307 e. The molecule has 0 aliphatic carbocycles. The van der Waals surface area contributed by atoms with E-state index >= 15 is 0 Å². The van der Waals surface area contributed by atoms with Crippen LogP contribution in [0.15, 0.2) is 0 Å². The van der Waals surface area contributed by atoms with E-state index in [1.807, 2.05) is 0 Å². The van der Waals surface area contributed by atoms with Gasteiger partial charge < -0.3 is 4.74 Å². The molecule has 16 heavy (non-hydrogen) atoms. The van der Waals surface area contributed by atoms with Gasteiger partial charge in [-0.05, 0) is 32.4 Å². The summed E-state index contributed by atoms with van der Waals surface area (Å²) < 4.78 is 4.76. The van der Waals surface area contributed by atoms with E-state index in [2.05, 4.69) is 11.8 Å². The monoisotopic (exact) mass is 227 g/mol. The molecule has 1 aliphatic heterocycles. The van der Waals surface area contributed by atoms with Crippen LogP contribution in [0.1, 0.15) is 51.9 Å². The fourth-order valence-corrected chi connectivity index (χ4v) is 2.43. The van der Waals surface area contributed by atoms with Gasteiger partial charge >= 0.3 is 5.97 Å². The summed E-state index contributed by atoms with van der Waals surface area (Å²) in [6, 6.07) is 0.429. The molecule has 0 radical (unpaired) electrons. The second-order valence-corrected chi connectivity index (χ2v) is 4.67. The molecule has 3 nitrogen and oxygen atoms in total. The summed E-state index contributed by atoms with van der Waals surface area (Å²) in [6.45, 7) is 4.53. The molecule has 0 spiro atoms. The number of unbranched alkanes of at least 4 members (excludes halogenated alkanes) is 2. The molecule has 0 bridgehead atoms. The topological polar surface area (TPSA) is 29.5 Å². The lowest BCUT2D eigenvalue weighted by Crippen LogP contribution is -2.41. The highest BCUT2D eigenvalue weighted by Crippen LogP contribution is 2.20. The van der Waals surface area contributed by atoms with Crippen molar-refractivity contribution < 1.29 is 9.53 Å². The molecule has 0 saturated carbocycles. The number of esters is 1. The van der Waals surface area contributed by atoms with Gasteiger partial charge in [0.25, 0.3) is 0 Å².